The van der Waals surface area contributed by atoms with Crippen LogP contribution in [0.1, 0.15) is 46.0 Å². The van der Waals surface area contributed by atoms with Gasteiger partial charge in [0.05, 0.1) is 0 Å². The highest BCUT2D eigenvalue weighted by molar-refractivity contribution is 5.87. The average Bonchev–Trinajstić information content (AvgIpc) is 2.58. The van der Waals surface area contributed by atoms with Gasteiger partial charge in [-0.2, -0.15) is 0 Å². The Bertz CT molecular complexity index is 266. The average molecular weight is 226 g/mol. The summed E-state index contributed by atoms with van der Waals surface area (Å²) in [5, 5.41) is 0. The van der Waals surface area contributed by atoms with Gasteiger partial charge in [-0.25, -0.2) is 0 Å². The molecular formula is C12H22N2O2. The zero-order chi connectivity index (χ0) is 12.1. The lowest BCUT2D eigenvalue weighted by atomic mass is 10.0. The van der Waals surface area contributed by atoms with Crippen LogP contribution in [0.5, 0.6) is 0 Å². The summed E-state index contributed by atoms with van der Waals surface area (Å²) in [5.74, 6) is 0.125. The number of unbranched alkanes of at least 4 members (excludes halogenated alkanes) is 1. The standard InChI is InChI=1S/C12H22N2O2/c1-3-5-6-9-7-11(15)14(8-9)10(4-2)12(13)16/h9-10H,3-8H2,1-2H3,(H2,13,16)/t9?,10-/m1/s1. The first-order chi connectivity index (χ1) is 7.60. The first kappa shape index (κ1) is 13.0. The van der Waals surface area contributed by atoms with E-state index in [1.54, 1.807) is 4.90 Å². The van der Waals surface area contributed by atoms with Crippen LogP contribution in [0.4, 0.5) is 0 Å². The van der Waals surface area contributed by atoms with Gasteiger partial charge < -0.3 is 10.6 Å². The van der Waals surface area contributed by atoms with Crippen molar-refractivity contribution in [1.29, 1.82) is 0 Å². The third-order valence-electron chi connectivity index (χ3n) is 3.30. The zero-order valence-corrected chi connectivity index (χ0v) is 10.2. The fourth-order valence-electron chi connectivity index (χ4n) is 2.37. The van der Waals surface area contributed by atoms with Crippen molar-refractivity contribution in [1.82, 2.24) is 4.90 Å². The van der Waals surface area contributed by atoms with Crippen LogP contribution >= 0.6 is 0 Å². The van der Waals surface area contributed by atoms with E-state index in [1.807, 2.05) is 6.92 Å². The van der Waals surface area contributed by atoms with Gasteiger partial charge in [0.25, 0.3) is 0 Å². The maximum Gasteiger partial charge on any atom is 0.240 e. The van der Waals surface area contributed by atoms with E-state index in [9.17, 15) is 9.59 Å². The lowest BCUT2D eigenvalue weighted by Gasteiger charge is -2.24. The van der Waals surface area contributed by atoms with E-state index in [2.05, 4.69) is 6.92 Å². The van der Waals surface area contributed by atoms with Crippen molar-refractivity contribution >= 4 is 11.8 Å². The van der Waals surface area contributed by atoms with E-state index < -0.39 is 6.04 Å². The molecule has 0 aromatic rings. The van der Waals surface area contributed by atoms with Crippen LogP contribution in [-0.2, 0) is 9.59 Å². The number of carbonyl (C=O) groups excluding carboxylic acids is 2. The molecular weight excluding hydrogens is 204 g/mol. The van der Waals surface area contributed by atoms with Gasteiger partial charge >= 0.3 is 0 Å². The summed E-state index contributed by atoms with van der Waals surface area (Å²) in [6.45, 7) is 4.75. The molecule has 1 heterocycles. The van der Waals surface area contributed by atoms with Crippen molar-refractivity contribution < 1.29 is 9.59 Å². The number of likely N-dealkylation sites (tertiary alicyclic amines) is 1. The molecule has 0 aromatic heterocycles. The van der Waals surface area contributed by atoms with E-state index in [4.69, 9.17) is 5.73 Å². The number of rotatable bonds is 6. The van der Waals surface area contributed by atoms with Gasteiger partial charge in [0, 0.05) is 13.0 Å². The molecule has 1 fully saturated rings. The second-order valence-electron chi connectivity index (χ2n) is 4.58. The maximum absolute atomic E-state index is 11.8. The molecule has 2 N–H and O–H groups in total. The Labute approximate surface area is 97.2 Å². The zero-order valence-electron chi connectivity index (χ0n) is 10.2. The molecule has 92 valence electrons. The summed E-state index contributed by atoms with van der Waals surface area (Å²) in [6.07, 6.45) is 4.58. The fourth-order valence-corrected chi connectivity index (χ4v) is 2.37. The Morgan fingerprint density at radius 3 is 2.75 bits per heavy atom. The van der Waals surface area contributed by atoms with Crippen molar-refractivity contribution in [2.75, 3.05) is 6.54 Å². The van der Waals surface area contributed by atoms with Gasteiger partial charge in [0.1, 0.15) is 6.04 Å². The third-order valence-corrected chi connectivity index (χ3v) is 3.30. The number of nitrogens with two attached hydrogens (primary N) is 1. The van der Waals surface area contributed by atoms with Gasteiger partial charge in [-0.1, -0.05) is 26.7 Å². The number of nitrogens with zero attached hydrogens (tertiary/aromatic N) is 1. The molecule has 0 aromatic carbocycles. The van der Waals surface area contributed by atoms with Gasteiger partial charge in [-0.05, 0) is 18.8 Å². The lowest BCUT2D eigenvalue weighted by Crippen LogP contribution is -2.45. The molecule has 1 aliphatic rings. The van der Waals surface area contributed by atoms with Crippen LogP contribution < -0.4 is 5.73 Å². The predicted molar refractivity (Wildman–Crippen MR) is 62.6 cm³/mol. The molecule has 2 atom stereocenters. The maximum atomic E-state index is 11.8. The molecule has 2 amide bonds. The van der Waals surface area contributed by atoms with Gasteiger partial charge in [0.15, 0.2) is 0 Å². The minimum Gasteiger partial charge on any atom is -0.368 e. The minimum atomic E-state index is -0.404. The number of carbonyl (C=O) groups is 2. The van der Waals surface area contributed by atoms with Crippen LogP contribution in [0.3, 0.4) is 0 Å². The first-order valence-corrected chi connectivity index (χ1v) is 6.18. The van der Waals surface area contributed by atoms with E-state index in [-0.39, 0.29) is 11.8 Å². The highest BCUT2D eigenvalue weighted by atomic mass is 16.2. The van der Waals surface area contributed by atoms with Crippen LogP contribution in [0.15, 0.2) is 0 Å². The van der Waals surface area contributed by atoms with Crippen LogP contribution in [0.2, 0.25) is 0 Å². The quantitative estimate of drug-likeness (QED) is 0.741. The Hall–Kier alpha value is -1.06. The van der Waals surface area contributed by atoms with Crippen molar-refractivity contribution in [2.24, 2.45) is 11.7 Å². The molecule has 0 bridgehead atoms. The minimum absolute atomic E-state index is 0.0896. The molecule has 16 heavy (non-hydrogen) atoms. The topological polar surface area (TPSA) is 63.4 Å². The van der Waals surface area contributed by atoms with Crippen molar-refractivity contribution in [2.45, 2.75) is 52.0 Å². The van der Waals surface area contributed by atoms with E-state index >= 15 is 0 Å². The number of amides is 2. The SMILES string of the molecule is CCCCC1CC(=O)N([C@H](CC)C(N)=O)C1. The molecule has 0 saturated carbocycles. The number of primary amides is 1. The molecule has 0 spiro atoms. The molecule has 1 aliphatic heterocycles. The Morgan fingerprint density at radius 2 is 2.25 bits per heavy atom. The summed E-state index contributed by atoms with van der Waals surface area (Å²) in [4.78, 5) is 24.7. The summed E-state index contributed by atoms with van der Waals surface area (Å²) < 4.78 is 0. The van der Waals surface area contributed by atoms with Crippen molar-refractivity contribution in [3.05, 3.63) is 0 Å². The normalized spacial score (nSPS) is 22.5. The molecule has 4 heteroatoms. The van der Waals surface area contributed by atoms with Crippen molar-refractivity contribution in [3.8, 4) is 0 Å². The summed E-state index contributed by atoms with van der Waals surface area (Å²) >= 11 is 0. The molecule has 1 saturated heterocycles. The second-order valence-corrected chi connectivity index (χ2v) is 4.58. The monoisotopic (exact) mass is 226 g/mol. The largest absolute Gasteiger partial charge is 0.368 e. The smallest absolute Gasteiger partial charge is 0.240 e. The van der Waals surface area contributed by atoms with Crippen LogP contribution in [0, 0.1) is 5.92 Å². The van der Waals surface area contributed by atoms with Crippen molar-refractivity contribution in [3.63, 3.8) is 0 Å². The molecule has 0 aliphatic carbocycles. The second kappa shape index (κ2) is 5.87. The summed E-state index contributed by atoms with van der Waals surface area (Å²) in [5.41, 5.74) is 5.30. The van der Waals surface area contributed by atoms with E-state index in [0.717, 1.165) is 19.3 Å². The summed E-state index contributed by atoms with van der Waals surface area (Å²) in [6, 6.07) is -0.404. The highest BCUT2D eigenvalue weighted by Crippen LogP contribution is 2.25. The molecule has 4 nitrogen and oxygen atoms in total. The number of hydrogen-bond acceptors (Lipinski definition) is 2. The molecule has 1 unspecified atom stereocenters. The Morgan fingerprint density at radius 1 is 1.56 bits per heavy atom. The highest BCUT2D eigenvalue weighted by Gasteiger charge is 2.35. The van der Waals surface area contributed by atoms with E-state index in [1.165, 1.54) is 0 Å². The lowest BCUT2D eigenvalue weighted by molar-refractivity contribution is -0.136. The Balaban J connectivity index is 2.56. The van der Waals surface area contributed by atoms with Gasteiger partial charge in [0.2, 0.25) is 11.8 Å². The predicted octanol–water partition coefficient (Wildman–Crippen LogP) is 1.29. The number of hydrogen-bond donors (Lipinski definition) is 1. The van der Waals surface area contributed by atoms with Gasteiger partial charge in [-0.15, -0.1) is 0 Å². The first-order valence-electron chi connectivity index (χ1n) is 6.18. The van der Waals surface area contributed by atoms with Gasteiger partial charge in [-0.3, -0.25) is 9.59 Å². The fraction of sp³-hybridized carbons (Fsp3) is 0.833. The van der Waals surface area contributed by atoms with Crippen LogP contribution in [0.25, 0.3) is 0 Å². The third kappa shape index (κ3) is 2.97. The van der Waals surface area contributed by atoms with Crippen LogP contribution in [-0.4, -0.2) is 29.3 Å². The summed E-state index contributed by atoms with van der Waals surface area (Å²) in [7, 11) is 0. The molecule has 1 rings (SSSR count). The van der Waals surface area contributed by atoms with E-state index in [0.29, 0.717) is 25.3 Å². The molecule has 0 radical (unpaired) electrons. The Kier molecular flexibility index (Phi) is 4.77.